The van der Waals surface area contributed by atoms with Crippen LogP contribution in [0.5, 0.6) is 0 Å². The molecule has 2 heteroatoms. The minimum atomic E-state index is -0.355. The summed E-state index contributed by atoms with van der Waals surface area (Å²) in [6, 6.07) is 0. The summed E-state index contributed by atoms with van der Waals surface area (Å²) in [7, 11) is 0. The first kappa shape index (κ1) is 11.3. The van der Waals surface area contributed by atoms with Crippen molar-refractivity contribution in [3.05, 3.63) is 0 Å². The van der Waals surface area contributed by atoms with Gasteiger partial charge in [0.15, 0.2) is 0 Å². The second kappa shape index (κ2) is 8.44. The van der Waals surface area contributed by atoms with Crippen LogP contribution >= 0.6 is 0 Å². The van der Waals surface area contributed by atoms with Gasteiger partial charge >= 0.3 is 0 Å². The van der Waals surface area contributed by atoms with Gasteiger partial charge in [-0.05, 0) is 6.42 Å². The van der Waals surface area contributed by atoms with Crippen molar-refractivity contribution >= 4 is 12.6 Å². The average molecular weight is 170 g/mol. The van der Waals surface area contributed by atoms with E-state index in [0.29, 0.717) is 0 Å². The van der Waals surface area contributed by atoms with E-state index in [0.717, 1.165) is 31.8 Å². The smallest absolute Gasteiger partial charge is 0.130 e. The van der Waals surface area contributed by atoms with E-state index in [-0.39, 0.29) is 5.92 Å². The first-order valence-electron chi connectivity index (χ1n) is 4.75. The maximum absolute atomic E-state index is 10.2. The van der Waals surface area contributed by atoms with Crippen LogP contribution in [-0.4, -0.2) is 12.6 Å². The third kappa shape index (κ3) is 6.08. The Labute approximate surface area is 74.3 Å². The van der Waals surface area contributed by atoms with E-state index in [1.165, 1.54) is 19.3 Å². The van der Waals surface area contributed by atoms with Crippen molar-refractivity contribution in [2.24, 2.45) is 5.92 Å². The maximum Gasteiger partial charge on any atom is 0.130 e. The predicted octanol–water partition coefficient (Wildman–Crippen LogP) is 2.36. The molecule has 0 aromatic heterocycles. The van der Waals surface area contributed by atoms with E-state index in [1.54, 1.807) is 0 Å². The molecule has 0 unspecified atom stereocenters. The number of unbranched alkanes of at least 4 members (excludes halogenated alkanes) is 4. The van der Waals surface area contributed by atoms with Crippen LogP contribution in [0.1, 0.15) is 45.4 Å². The lowest BCUT2D eigenvalue weighted by Crippen LogP contribution is -2.02. The van der Waals surface area contributed by atoms with Crippen molar-refractivity contribution in [1.82, 2.24) is 0 Å². The Morgan fingerprint density at radius 1 is 1.00 bits per heavy atom. The average Bonchev–Trinajstić information content (AvgIpc) is 2.11. The third-order valence-corrected chi connectivity index (χ3v) is 1.99. The van der Waals surface area contributed by atoms with Gasteiger partial charge in [-0.15, -0.1) is 0 Å². The molecule has 0 aromatic carbocycles. The molecule has 2 nitrogen and oxygen atoms in total. The summed E-state index contributed by atoms with van der Waals surface area (Å²) >= 11 is 0. The fourth-order valence-corrected chi connectivity index (χ4v) is 1.15. The molecule has 0 spiro atoms. The number of carbonyl (C=O) groups is 2. The lowest BCUT2D eigenvalue weighted by Gasteiger charge is -2.01. The fourth-order valence-electron chi connectivity index (χ4n) is 1.15. The van der Waals surface area contributed by atoms with Gasteiger partial charge in [-0.2, -0.15) is 0 Å². The highest BCUT2D eigenvalue weighted by Gasteiger charge is 2.03. The van der Waals surface area contributed by atoms with Crippen molar-refractivity contribution in [3.8, 4) is 0 Å². The molecule has 0 aromatic rings. The van der Waals surface area contributed by atoms with Crippen LogP contribution in [0, 0.1) is 5.92 Å². The Morgan fingerprint density at radius 3 is 2.08 bits per heavy atom. The summed E-state index contributed by atoms with van der Waals surface area (Å²) in [6.07, 6.45) is 8.07. The van der Waals surface area contributed by atoms with Gasteiger partial charge in [-0.25, -0.2) is 0 Å². The Balaban J connectivity index is 3.17. The van der Waals surface area contributed by atoms with E-state index in [4.69, 9.17) is 0 Å². The molecule has 0 saturated carbocycles. The minimum absolute atomic E-state index is 0.355. The number of carbonyl (C=O) groups excluding carboxylic acids is 2. The van der Waals surface area contributed by atoms with Crippen LogP contribution in [0.3, 0.4) is 0 Å². The second-order valence-corrected chi connectivity index (χ2v) is 3.14. The first-order valence-corrected chi connectivity index (χ1v) is 4.75. The van der Waals surface area contributed by atoms with E-state index >= 15 is 0 Å². The van der Waals surface area contributed by atoms with Crippen LogP contribution in [0.25, 0.3) is 0 Å². The zero-order valence-corrected chi connectivity index (χ0v) is 7.79. The first-order chi connectivity index (χ1) is 5.85. The zero-order valence-electron chi connectivity index (χ0n) is 7.79. The molecule has 12 heavy (non-hydrogen) atoms. The van der Waals surface area contributed by atoms with Gasteiger partial charge in [-0.3, -0.25) is 0 Å². The molecule has 0 heterocycles. The highest BCUT2D eigenvalue weighted by atomic mass is 16.1. The molecule has 0 bridgehead atoms. The number of hydrogen-bond donors (Lipinski definition) is 0. The number of aldehydes is 2. The van der Waals surface area contributed by atoms with Crippen molar-refractivity contribution in [2.75, 3.05) is 0 Å². The molecule has 0 atom stereocenters. The van der Waals surface area contributed by atoms with E-state index in [2.05, 4.69) is 6.92 Å². The molecule has 0 saturated heterocycles. The molecule has 0 rings (SSSR count). The standard InChI is InChI=1S/C10H18O2/c1-2-3-4-5-6-7-10(8-11)9-12/h8-10H,2-7H2,1H3. The summed E-state index contributed by atoms with van der Waals surface area (Å²) in [5.41, 5.74) is 0. The number of hydrogen-bond acceptors (Lipinski definition) is 2. The quantitative estimate of drug-likeness (QED) is 0.318. The summed E-state index contributed by atoms with van der Waals surface area (Å²) in [5, 5.41) is 0. The SMILES string of the molecule is CCCCCCCC(C=O)C=O. The fraction of sp³-hybridized carbons (Fsp3) is 0.800. The monoisotopic (exact) mass is 170 g/mol. The van der Waals surface area contributed by atoms with Crippen LogP contribution in [0.2, 0.25) is 0 Å². The minimum Gasteiger partial charge on any atom is -0.303 e. The van der Waals surface area contributed by atoms with Crippen LogP contribution in [0.15, 0.2) is 0 Å². The summed E-state index contributed by atoms with van der Waals surface area (Å²) in [5.74, 6) is -0.355. The van der Waals surface area contributed by atoms with Gasteiger partial charge < -0.3 is 9.59 Å². The van der Waals surface area contributed by atoms with Gasteiger partial charge in [-0.1, -0.05) is 39.0 Å². The Kier molecular flexibility index (Phi) is 7.97. The molecule has 0 aliphatic carbocycles. The molecule has 0 aliphatic rings. The number of rotatable bonds is 8. The van der Waals surface area contributed by atoms with Crippen LogP contribution in [-0.2, 0) is 9.59 Å². The molecule has 70 valence electrons. The largest absolute Gasteiger partial charge is 0.303 e. The van der Waals surface area contributed by atoms with E-state index < -0.39 is 0 Å². The zero-order chi connectivity index (χ0) is 9.23. The molecular weight excluding hydrogens is 152 g/mol. The van der Waals surface area contributed by atoms with Gasteiger partial charge in [0.2, 0.25) is 0 Å². The van der Waals surface area contributed by atoms with Gasteiger partial charge in [0.1, 0.15) is 12.6 Å². The third-order valence-electron chi connectivity index (χ3n) is 1.99. The predicted molar refractivity (Wildman–Crippen MR) is 49.0 cm³/mol. The van der Waals surface area contributed by atoms with Crippen molar-refractivity contribution in [3.63, 3.8) is 0 Å². The molecule has 0 aliphatic heterocycles. The van der Waals surface area contributed by atoms with Crippen LogP contribution < -0.4 is 0 Å². The Morgan fingerprint density at radius 2 is 1.58 bits per heavy atom. The van der Waals surface area contributed by atoms with Crippen molar-refractivity contribution in [1.29, 1.82) is 0 Å². The molecule has 0 fully saturated rings. The normalized spacial score (nSPS) is 10.2. The Bertz CT molecular complexity index is 113. The lowest BCUT2D eigenvalue weighted by molar-refractivity contribution is -0.119. The van der Waals surface area contributed by atoms with Gasteiger partial charge in [0.25, 0.3) is 0 Å². The molecule has 0 radical (unpaired) electrons. The highest BCUT2D eigenvalue weighted by molar-refractivity contribution is 5.77. The van der Waals surface area contributed by atoms with E-state index in [9.17, 15) is 9.59 Å². The molecular formula is C10H18O2. The molecule has 0 amide bonds. The van der Waals surface area contributed by atoms with Crippen LogP contribution in [0.4, 0.5) is 0 Å². The topological polar surface area (TPSA) is 34.1 Å². The lowest BCUT2D eigenvalue weighted by atomic mass is 10.0. The van der Waals surface area contributed by atoms with Gasteiger partial charge in [0, 0.05) is 0 Å². The maximum atomic E-state index is 10.2. The summed E-state index contributed by atoms with van der Waals surface area (Å²) < 4.78 is 0. The molecule has 0 N–H and O–H groups in total. The Hall–Kier alpha value is -0.660. The van der Waals surface area contributed by atoms with Gasteiger partial charge in [0.05, 0.1) is 5.92 Å². The van der Waals surface area contributed by atoms with E-state index in [1.807, 2.05) is 0 Å². The van der Waals surface area contributed by atoms with Crippen molar-refractivity contribution in [2.45, 2.75) is 45.4 Å². The summed E-state index contributed by atoms with van der Waals surface area (Å²) in [6.45, 7) is 2.17. The highest BCUT2D eigenvalue weighted by Crippen LogP contribution is 2.08. The van der Waals surface area contributed by atoms with Crippen molar-refractivity contribution < 1.29 is 9.59 Å². The summed E-state index contributed by atoms with van der Waals surface area (Å²) in [4.78, 5) is 20.4. The second-order valence-electron chi connectivity index (χ2n) is 3.14.